The van der Waals surface area contributed by atoms with Gasteiger partial charge in [0, 0.05) is 25.0 Å². The Bertz CT molecular complexity index is 755. The van der Waals surface area contributed by atoms with Crippen molar-refractivity contribution in [1.82, 2.24) is 9.71 Å². The molecule has 0 saturated carbocycles. The molecule has 3 rings (SSSR count). The highest BCUT2D eigenvalue weighted by Gasteiger charge is 2.24. The number of nitrogens with zero attached hydrogens (tertiary/aromatic N) is 1. The highest BCUT2D eigenvalue weighted by atomic mass is 32.2. The molecule has 128 valence electrons. The van der Waals surface area contributed by atoms with E-state index in [4.69, 9.17) is 4.74 Å². The Morgan fingerprint density at radius 2 is 2.04 bits per heavy atom. The van der Waals surface area contributed by atoms with Gasteiger partial charge in [-0.3, -0.25) is 4.98 Å². The molecule has 0 aliphatic carbocycles. The molecule has 1 aliphatic rings. The summed E-state index contributed by atoms with van der Waals surface area (Å²) in [6, 6.07) is 11.5. The number of rotatable bonds is 6. The fourth-order valence-corrected chi connectivity index (χ4v) is 4.56. The van der Waals surface area contributed by atoms with Crippen LogP contribution in [0.2, 0.25) is 0 Å². The quantitative estimate of drug-likeness (QED) is 0.873. The van der Waals surface area contributed by atoms with Crippen molar-refractivity contribution in [2.75, 3.05) is 19.0 Å². The normalized spacial score (nSPS) is 19.3. The van der Waals surface area contributed by atoms with Crippen LogP contribution >= 0.6 is 0 Å². The van der Waals surface area contributed by atoms with E-state index in [1.54, 1.807) is 6.20 Å². The summed E-state index contributed by atoms with van der Waals surface area (Å²) >= 11 is 0. The summed E-state index contributed by atoms with van der Waals surface area (Å²) in [5, 5.41) is 0. The molecule has 2 heterocycles. The van der Waals surface area contributed by atoms with Gasteiger partial charge in [-0.1, -0.05) is 30.3 Å². The molecule has 1 saturated heterocycles. The molecule has 2 unspecified atom stereocenters. The number of sulfonamides is 1. The van der Waals surface area contributed by atoms with Gasteiger partial charge in [-0.2, -0.15) is 0 Å². The number of hydrogen-bond donors (Lipinski definition) is 1. The lowest BCUT2D eigenvalue weighted by molar-refractivity contribution is 0.188. The van der Waals surface area contributed by atoms with E-state index in [1.165, 1.54) is 0 Å². The average Bonchev–Trinajstić information content (AvgIpc) is 3.07. The van der Waals surface area contributed by atoms with Gasteiger partial charge in [-0.25, -0.2) is 13.1 Å². The molecular weight excluding hydrogens is 324 g/mol. The minimum absolute atomic E-state index is 0.0997. The van der Waals surface area contributed by atoms with Crippen LogP contribution in [0.4, 0.5) is 0 Å². The van der Waals surface area contributed by atoms with Crippen LogP contribution in [0.5, 0.6) is 0 Å². The predicted molar refractivity (Wildman–Crippen MR) is 93.9 cm³/mol. The maximum atomic E-state index is 12.3. The largest absolute Gasteiger partial charge is 0.381 e. The van der Waals surface area contributed by atoms with Crippen LogP contribution in [0.25, 0.3) is 11.1 Å². The molecule has 0 amide bonds. The van der Waals surface area contributed by atoms with Gasteiger partial charge in [0.15, 0.2) is 0 Å². The zero-order valence-corrected chi connectivity index (χ0v) is 14.5. The molecule has 5 nitrogen and oxygen atoms in total. The lowest BCUT2D eigenvalue weighted by Crippen LogP contribution is -2.32. The van der Waals surface area contributed by atoms with Crippen molar-refractivity contribution in [3.05, 3.63) is 54.4 Å². The van der Waals surface area contributed by atoms with E-state index in [0.717, 1.165) is 23.1 Å². The number of aromatic nitrogens is 1. The van der Waals surface area contributed by atoms with Gasteiger partial charge in [0.25, 0.3) is 0 Å². The number of nitrogens with one attached hydrogen (secondary N) is 1. The first-order chi connectivity index (χ1) is 11.5. The lowest BCUT2D eigenvalue weighted by Gasteiger charge is -2.16. The summed E-state index contributed by atoms with van der Waals surface area (Å²) in [5.74, 6) is 0.230. The van der Waals surface area contributed by atoms with Crippen LogP contribution < -0.4 is 4.72 Å². The molecule has 6 heteroatoms. The van der Waals surface area contributed by atoms with Gasteiger partial charge in [-0.15, -0.1) is 0 Å². The average molecular weight is 346 g/mol. The second-order valence-corrected chi connectivity index (χ2v) is 8.01. The second kappa shape index (κ2) is 7.42. The Labute approximate surface area is 143 Å². The van der Waals surface area contributed by atoms with Gasteiger partial charge in [0.1, 0.15) is 0 Å². The van der Waals surface area contributed by atoms with E-state index >= 15 is 0 Å². The van der Waals surface area contributed by atoms with Crippen LogP contribution in [-0.4, -0.2) is 32.4 Å². The van der Waals surface area contributed by atoms with Crippen LogP contribution in [0.15, 0.2) is 48.8 Å². The highest BCUT2D eigenvalue weighted by Crippen LogP contribution is 2.22. The van der Waals surface area contributed by atoms with E-state index in [9.17, 15) is 8.42 Å². The fraction of sp³-hybridized carbons (Fsp3) is 0.389. The summed E-state index contributed by atoms with van der Waals surface area (Å²) < 4.78 is 32.6. The molecule has 0 bridgehead atoms. The number of pyridine rings is 1. The number of benzene rings is 1. The minimum Gasteiger partial charge on any atom is -0.381 e. The molecule has 1 aliphatic heterocycles. The third-order valence-electron chi connectivity index (χ3n) is 4.24. The number of ether oxygens (including phenoxy) is 1. The van der Waals surface area contributed by atoms with Crippen LogP contribution in [-0.2, 0) is 14.8 Å². The molecule has 2 aromatic rings. The molecule has 1 N–H and O–H groups in total. The monoisotopic (exact) mass is 346 g/mol. The second-order valence-electron chi connectivity index (χ2n) is 6.21. The highest BCUT2D eigenvalue weighted by molar-refractivity contribution is 7.89. The van der Waals surface area contributed by atoms with E-state index in [0.29, 0.717) is 13.2 Å². The van der Waals surface area contributed by atoms with Crippen molar-refractivity contribution in [2.45, 2.75) is 19.4 Å². The van der Waals surface area contributed by atoms with E-state index in [-0.39, 0.29) is 17.7 Å². The molecule has 1 aromatic carbocycles. The Hall–Kier alpha value is -1.76. The van der Waals surface area contributed by atoms with Gasteiger partial charge >= 0.3 is 0 Å². The third-order valence-corrected chi connectivity index (χ3v) is 5.86. The fourth-order valence-electron chi connectivity index (χ4n) is 2.91. The van der Waals surface area contributed by atoms with Crippen molar-refractivity contribution >= 4 is 10.0 Å². The van der Waals surface area contributed by atoms with Gasteiger partial charge in [0.05, 0.1) is 12.4 Å². The van der Waals surface area contributed by atoms with Gasteiger partial charge < -0.3 is 4.74 Å². The smallest absolute Gasteiger partial charge is 0.212 e. The Morgan fingerprint density at radius 3 is 2.67 bits per heavy atom. The van der Waals surface area contributed by atoms with Crippen LogP contribution in [0.3, 0.4) is 0 Å². The summed E-state index contributed by atoms with van der Waals surface area (Å²) in [7, 11) is -3.31. The Morgan fingerprint density at radius 1 is 1.25 bits per heavy atom. The van der Waals surface area contributed by atoms with Crippen molar-refractivity contribution in [1.29, 1.82) is 0 Å². The Balaban J connectivity index is 1.65. The zero-order valence-electron chi connectivity index (χ0n) is 13.7. The molecule has 1 aromatic heterocycles. The summed E-state index contributed by atoms with van der Waals surface area (Å²) in [6.07, 6.45) is 4.37. The number of hydrogen-bond acceptors (Lipinski definition) is 4. The topological polar surface area (TPSA) is 68.3 Å². The maximum absolute atomic E-state index is 12.3. The van der Waals surface area contributed by atoms with E-state index in [2.05, 4.69) is 9.71 Å². The maximum Gasteiger partial charge on any atom is 0.212 e. The van der Waals surface area contributed by atoms with E-state index < -0.39 is 10.0 Å². The van der Waals surface area contributed by atoms with Crippen molar-refractivity contribution in [3.8, 4) is 11.1 Å². The molecule has 0 spiro atoms. The molecule has 24 heavy (non-hydrogen) atoms. The molecule has 0 radical (unpaired) electrons. The van der Waals surface area contributed by atoms with Crippen molar-refractivity contribution < 1.29 is 13.2 Å². The van der Waals surface area contributed by atoms with Crippen LogP contribution in [0.1, 0.15) is 24.9 Å². The van der Waals surface area contributed by atoms with Crippen molar-refractivity contribution in [3.63, 3.8) is 0 Å². The standard InChI is InChI=1S/C18H22N2O3S/c1-14(20-24(21,22)13-15-8-10-23-12-15)16-4-6-17(7-5-16)18-3-2-9-19-11-18/h2-7,9,11,14-15,20H,8,10,12-13H2,1H3. The zero-order chi connectivity index (χ0) is 17.0. The first kappa shape index (κ1) is 17.1. The first-order valence-electron chi connectivity index (χ1n) is 8.11. The van der Waals surface area contributed by atoms with Crippen molar-refractivity contribution in [2.24, 2.45) is 5.92 Å². The van der Waals surface area contributed by atoms with Gasteiger partial charge in [-0.05, 0) is 42.0 Å². The molecule has 2 atom stereocenters. The van der Waals surface area contributed by atoms with Gasteiger partial charge in [0.2, 0.25) is 10.0 Å². The van der Waals surface area contributed by atoms with Crippen LogP contribution in [0, 0.1) is 5.92 Å². The SMILES string of the molecule is CC(NS(=O)(=O)CC1CCOC1)c1ccc(-c2cccnc2)cc1. The minimum atomic E-state index is -3.31. The first-order valence-corrected chi connectivity index (χ1v) is 9.77. The molecule has 1 fully saturated rings. The molecular formula is C18H22N2O3S. The summed E-state index contributed by atoms with van der Waals surface area (Å²) in [6.45, 7) is 3.06. The lowest BCUT2D eigenvalue weighted by atomic mass is 10.0. The third kappa shape index (κ3) is 4.41. The Kier molecular flexibility index (Phi) is 5.28. The predicted octanol–water partition coefficient (Wildman–Crippen LogP) is 2.77. The summed E-state index contributed by atoms with van der Waals surface area (Å²) in [4.78, 5) is 4.11. The van der Waals surface area contributed by atoms with E-state index in [1.807, 2.05) is 49.5 Å². The summed E-state index contributed by atoms with van der Waals surface area (Å²) in [5.41, 5.74) is 3.04.